The Morgan fingerprint density at radius 1 is 1.25 bits per heavy atom. The maximum absolute atomic E-state index is 13.3. The lowest BCUT2D eigenvalue weighted by atomic mass is 10.0. The van der Waals surface area contributed by atoms with Crippen LogP contribution in [0.25, 0.3) is 22.3 Å². The molecule has 0 unspecified atom stereocenters. The first-order valence-electron chi connectivity index (χ1n) is 8.79. The highest BCUT2D eigenvalue weighted by molar-refractivity contribution is 7.92. The lowest BCUT2D eigenvalue weighted by Gasteiger charge is -2.16. The molecule has 0 atom stereocenters. The van der Waals surface area contributed by atoms with Gasteiger partial charge in [-0.15, -0.1) is 0 Å². The number of hydrogen-bond acceptors (Lipinski definition) is 5. The van der Waals surface area contributed by atoms with Gasteiger partial charge >= 0.3 is 5.97 Å². The molecule has 3 aromatic rings. The first-order chi connectivity index (χ1) is 13.3. The van der Waals surface area contributed by atoms with E-state index in [0.29, 0.717) is 35.2 Å². The van der Waals surface area contributed by atoms with E-state index < -0.39 is 21.8 Å². The van der Waals surface area contributed by atoms with Gasteiger partial charge in [0.1, 0.15) is 22.7 Å². The molecule has 1 aliphatic heterocycles. The topological polar surface area (TPSA) is 76.8 Å². The average Bonchev–Trinajstić information content (AvgIpc) is 3.21. The summed E-state index contributed by atoms with van der Waals surface area (Å²) in [5, 5.41) is 0.548. The Balaban J connectivity index is 1.96. The third-order valence-corrected chi connectivity index (χ3v) is 5.91. The van der Waals surface area contributed by atoms with Gasteiger partial charge in [0.05, 0.1) is 18.6 Å². The highest BCUT2D eigenvalue weighted by Gasteiger charge is 2.30. The summed E-state index contributed by atoms with van der Waals surface area (Å²) in [5.74, 6) is -0.679. The van der Waals surface area contributed by atoms with Gasteiger partial charge < -0.3 is 9.15 Å². The quantitative estimate of drug-likeness (QED) is 0.621. The second kappa shape index (κ2) is 6.63. The molecule has 0 N–H and O–H groups in total. The van der Waals surface area contributed by atoms with Gasteiger partial charge in [-0.3, -0.25) is 4.31 Å². The maximum atomic E-state index is 13.3. The van der Waals surface area contributed by atoms with E-state index in [4.69, 9.17) is 9.15 Å². The summed E-state index contributed by atoms with van der Waals surface area (Å²) >= 11 is 0. The fourth-order valence-electron chi connectivity index (χ4n) is 3.51. The predicted molar refractivity (Wildman–Crippen MR) is 103 cm³/mol. The molecule has 28 heavy (non-hydrogen) atoms. The van der Waals surface area contributed by atoms with Gasteiger partial charge in [-0.1, -0.05) is 0 Å². The molecule has 0 amide bonds. The molecule has 0 radical (unpaired) electrons. The molecular formula is C20H18FNO5S. The summed E-state index contributed by atoms with van der Waals surface area (Å²) in [6.07, 6.45) is 1.69. The molecule has 4 rings (SSSR count). The number of benzene rings is 2. The zero-order valence-electron chi connectivity index (χ0n) is 15.4. The van der Waals surface area contributed by atoms with Crippen LogP contribution in [0.5, 0.6) is 0 Å². The molecule has 0 bridgehead atoms. The van der Waals surface area contributed by atoms with E-state index in [9.17, 15) is 17.6 Å². The summed E-state index contributed by atoms with van der Waals surface area (Å²) < 4.78 is 49.8. The Bertz CT molecular complexity index is 1180. The summed E-state index contributed by atoms with van der Waals surface area (Å²) in [5.41, 5.74) is 2.52. The van der Waals surface area contributed by atoms with Crippen molar-refractivity contribution in [1.82, 2.24) is 0 Å². The fraction of sp³-hybridized carbons (Fsp3) is 0.250. The van der Waals surface area contributed by atoms with E-state index in [0.717, 1.165) is 11.8 Å². The van der Waals surface area contributed by atoms with Crippen LogP contribution < -0.4 is 4.31 Å². The Morgan fingerprint density at radius 2 is 1.96 bits per heavy atom. The first kappa shape index (κ1) is 18.5. The molecule has 0 aliphatic carbocycles. The molecule has 0 fully saturated rings. The number of carbonyl (C=O) groups excluding carboxylic acids is 1. The van der Waals surface area contributed by atoms with Gasteiger partial charge in [0, 0.05) is 23.6 Å². The minimum absolute atomic E-state index is 0.196. The van der Waals surface area contributed by atoms with Crippen molar-refractivity contribution in [2.45, 2.75) is 13.3 Å². The zero-order chi connectivity index (χ0) is 20.1. The number of halogens is 1. The lowest BCUT2D eigenvalue weighted by Crippen LogP contribution is -2.27. The van der Waals surface area contributed by atoms with Crippen LogP contribution in [0.3, 0.4) is 0 Å². The Morgan fingerprint density at radius 3 is 2.61 bits per heavy atom. The number of sulfonamides is 1. The summed E-state index contributed by atoms with van der Waals surface area (Å²) in [6.45, 7) is 2.25. The van der Waals surface area contributed by atoms with E-state index >= 15 is 0 Å². The van der Waals surface area contributed by atoms with Crippen LogP contribution in [0.2, 0.25) is 0 Å². The highest BCUT2D eigenvalue weighted by atomic mass is 32.2. The fourth-order valence-corrected chi connectivity index (χ4v) is 4.46. The van der Waals surface area contributed by atoms with Crippen LogP contribution in [-0.4, -0.2) is 33.8 Å². The lowest BCUT2D eigenvalue weighted by molar-refractivity contribution is 0.0528. The standard InChI is InChI=1S/C20H18FNO5S/c1-3-26-20(23)18-15-10-13-8-9-22(28(2,24)25)16(13)11-17(15)27-19(18)12-4-6-14(21)7-5-12/h4-7,10-11H,3,8-9H2,1-2H3. The molecule has 0 saturated heterocycles. The van der Waals surface area contributed by atoms with Gasteiger partial charge in [-0.25, -0.2) is 17.6 Å². The average molecular weight is 403 g/mol. The SMILES string of the molecule is CCOC(=O)c1c(-c2ccc(F)cc2)oc2cc3c(cc12)CCN3S(C)(=O)=O. The Kier molecular flexibility index (Phi) is 4.38. The normalized spacial score (nSPS) is 13.8. The monoisotopic (exact) mass is 403 g/mol. The largest absolute Gasteiger partial charge is 0.462 e. The molecule has 1 aromatic heterocycles. The summed E-state index contributed by atoms with van der Waals surface area (Å²) in [7, 11) is -3.41. The van der Waals surface area contributed by atoms with Crippen LogP contribution in [0.1, 0.15) is 22.8 Å². The second-order valence-corrected chi connectivity index (χ2v) is 8.50. The number of rotatable bonds is 4. The van der Waals surface area contributed by atoms with Gasteiger partial charge in [0.15, 0.2) is 0 Å². The van der Waals surface area contributed by atoms with Gasteiger partial charge in [0.2, 0.25) is 10.0 Å². The van der Waals surface area contributed by atoms with Crippen molar-refractivity contribution in [2.75, 3.05) is 23.7 Å². The summed E-state index contributed by atoms with van der Waals surface area (Å²) in [4.78, 5) is 12.6. The van der Waals surface area contributed by atoms with Crippen molar-refractivity contribution in [3.05, 3.63) is 53.3 Å². The number of nitrogens with zero attached hydrogens (tertiary/aromatic N) is 1. The van der Waals surface area contributed by atoms with E-state index in [-0.39, 0.29) is 17.9 Å². The molecule has 0 saturated carbocycles. The number of furan rings is 1. The molecule has 8 heteroatoms. The number of carbonyl (C=O) groups is 1. The van der Waals surface area contributed by atoms with Crippen molar-refractivity contribution in [2.24, 2.45) is 0 Å². The van der Waals surface area contributed by atoms with Gasteiger partial charge in [-0.05, 0) is 49.2 Å². The Hall–Kier alpha value is -2.87. The molecule has 2 aromatic carbocycles. The zero-order valence-corrected chi connectivity index (χ0v) is 16.2. The number of esters is 1. The number of anilines is 1. The molecule has 6 nitrogen and oxygen atoms in total. The molecule has 1 aliphatic rings. The third-order valence-electron chi connectivity index (χ3n) is 4.73. The van der Waals surface area contributed by atoms with Crippen LogP contribution in [-0.2, 0) is 21.2 Å². The first-order valence-corrected chi connectivity index (χ1v) is 10.6. The van der Waals surface area contributed by atoms with Crippen LogP contribution >= 0.6 is 0 Å². The van der Waals surface area contributed by atoms with Crippen LogP contribution in [0, 0.1) is 5.82 Å². The molecule has 146 valence electrons. The number of fused-ring (bicyclic) bond motifs is 2. The van der Waals surface area contributed by atoms with E-state index in [1.807, 2.05) is 0 Å². The molecular weight excluding hydrogens is 385 g/mol. The second-order valence-electron chi connectivity index (χ2n) is 6.60. The van der Waals surface area contributed by atoms with Crippen molar-refractivity contribution >= 4 is 32.6 Å². The van der Waals surface area contributed by atoms with E-state index in [1.165, 1.54) is 28.6 Å². The number of ether oxygens (including phenoxy) is 1. The van der Waals surface area contributed by atoms with Crippen LogP contribution in [0.4, 0.5) is 10.1 Å². The van der Waals surface area contributed by atoms with Crippen molar-refractivity contribution in [3.63, 3.8) is 0 Å². The number of hydrogen-bond donors (Lipinski definition) is 0. The van der Waals surface area contributed by atoms with Crippen LogP contribution in [0.15, 0.2) is 40.8 Å². The highest BCUT2D eigenvalue weighted by Crippen LogP contribution is 2.40. The van der Waals surface area contributed by atoms with Crippen molar-refractivity contribution < 1.29 is 26.8 Å². The predicted octanol–water partition coefficient (Wildman–Crippen LogP) is 3.74. The minimum Gasteiger partial charge on any atom is -0.462 e. The minimum atomic E-state index is -3.41. The molecule has 2 heterocycles. The third kappa shape index (κ3) is 3.03. The van der Waals surface area contributed by atoms with Gasteiger partial charge in [-0.2, -0.15) is 0 Å². The van der Waals surface area contributed by atoms with E-state index in [2.05, 4.69) is 0 Å². The van der Waals surface area contributed by atoms with Gasteiger partial charge in [0.25, 0.3) is 0 Å². The maximum Gasteiger partial charge on any atom is 0.342 e. The smallest absolute Gasteiger partial charge is 0.342 e. The van der Waals surface area contributed by atoms with Crippen molar-refractivity contribution in [3.8, 4) is 11.3 Å². The summed E-state index contributed by atoms with van der Waals surface area (Å²) in [6, 6.07) is 9.01. The Labute approximate surface area is 161 Å². The molecule has 0 spiro atoms. The van der Waals surface area contributed by atoms with E-state index in [1.54, 1.807) is 19.1 Å². The van der Waals surface area contributed by atoms with Crippen molar-refractivity contribution in [1.29, 1.82) is 0 Å².